The van der Waals surface area contributed by atoms with Gasteiger partial charge in [0.2, 0.25) is 0 Å². The molecule has 6 heteroatoms. The SMILES string of the molecule is CCC(COC(=O)C1CCCCC1)(COC(=O)C1CCCCC1)COC(=O)C1CCCCC1. The number of rotatable bonds is 10. The topological polar surface area (TPSA) is 78.9 Å². The van der Waals surface area contributed by atoms with Crippen molar-refractivity contribution in [3.8, 4) is 0 Å². The van der Waals surface area contributed by atoms with Gasteiger partial charge in [0.05, 0.1) is 23.2 Å². The van der Waals surface area contributed by atoms with Gasteiger partial charge in [-0.15, -0.1) is 0 Å². The zero-order valence-electron chi connectivity index (χ0n) is 20.6. The van der Waals surface area contributed by atoms with Gasteiger partial charge in [-0.2, -0.15) is 0 Å². The standard InChI is InChI=1S/C27H44O6/c1-2-27(18-31-24(28)21-12-6-3-7-13-21,19-32-25(29)22-14-8-4-9-15-22)20-33-26(30)23-16-10-5-11-17-23/h21-23H,2-20H2,1H3. The van der Waals surface area contributed by atoms with E-state index in [1.807, 2.05) is 6.92 Å². The van der Waals surface area contributed by atoms with Crippen molar-refractivity contribution < 1.29 is 28.6 Å². The maximum absolute atomic E-state index is 12.7. The molecule has 33 heavy (non-hydrogen) atoms. The number of hydrogen-bond acceptors (Lipinski definition) is 6. The van der Waals surface area contributed by atoms with Crippen LogP contribution in [0.1, 0.15) is 110 Å². The Balaban J connectivity index is 1.59. The van der Waals surface area contributed by atoms with Crippen molar-refractivity contribution in [3.05, 3.63) is 0 Å². The molecule has 0 saturated heterocycles. The number of hydrogen-bond donors (Lipinski definition) is 0. The van der Waals surface area contributed by atoms with Gasteiger partial charge in [-0.25, -0.2) is 0 Å². The van der Waals surface area contributed by atoms with Crippen LogP contribution in [0.4, 0.5) is 0 Å². The molecule has 0 unspecified atom stereocenters. The van der Waals surface area contributed by atoms with Crippen molar-refractivity contribution >= 4 is 17.9 Å². The average molecular weight is 465 g/mol. The Morgan fingerprint density at radius 1 is 0.545 bits per heavy atom. The van der Waals surface area contributed by atoms with Crippen molar-refractivity contribution in [1.82, 2.24) is 0 Å². The van der Waals surface area contributed by atoms with Crippen LogP contribution in [0.15, 0.2) is 0 Å². The Kier molecular flexibility index (Phi) is 10.5. The lowest BCUT2D eigenvalue weighted by molar-refractivity contribution is -0.168. The van der Waals surface area contributed by atoms with Crippen LogP contribution in [-0.4, -0.2) is 37.7 Å². The van der Waals surface area contributed by atoms with Gasteiger partial charge in [-0.1, -0.05) is 64.7 Å². The van der Waals surface area contributed by atoms with Crippen LogP contribution in [0, 0.1) is 23.2 Å². The molecule has 0 amide bonds. The predicted molar refractivity (Wildman–Crippen MR) is 125 cm³/mol. The second-order valence-corrected chi connectivity index (χ2v) is 10.7. The van der Waals surface area contributed by atoms with Crippen LogP contribution in [0.2, 0.25) is 0 Å². The van der Waals surface area contributed by atoms with Gasteiger partial charge in [0.15, 0.2) is 0 Å². The first kappa shape index (κ1) is 26.0. The summed E-state index contributed by atoms with van der Waals surface area (Å²) in [5.41, 5.74) is -0.695. The third-order valence-electron chi connectivity index (χ3n) is 8.13. The van der Waals surface area contributed by atoms with E-state index >= 15 is 0 Å². The molecule has 0 bridgehead atoms. The lowest BCUT2D eigenvalue weighted by Crippen LogP contribution is -2.41. The monoisotopic (exact) mass is 464 g/mol. The molecule has 3 aliphatic rings. The molecular formula is C27H44O6. The summed E-state index contributed by atoms with van der Waals surface area (Å²) in [6.07, 6.45) is 15.8. The Morgan fingerprint density at radius 2 is 0.818 bits per heavy atom. The molecule has 0 atom stereocenters. The van der Waals surface area contributed by atoms with E-state index < -0.39 is 5.41 Å². The van der Waals surface area contributed by atoms with E-state index in [4.69, 9.17) is 14.2 Å². The van der Waals surface area contributed by atoms with Crippen molar-refractivity contribution in [3.63, 3.8) is 0 Å². The minimum absolute atomic E-state index is 0.0390. The Labute approximate surface area is 199 Å². The van der Waals surface area contributed by atoms with Crippen LogP contribution in [0.3, 0.4) is 0 Å². The van der Waals surface area contributed by atoms with E-state index in [0.717, 1.165) is 77.0 Å². The van der Waals surface area contributed by atoms with E-state index in [0.29, 0.717) is 6.42 Å². The third-order valence-corrected chi connectivity index (χ3v) is 8.13. The molecule has 0 N–H and O–H groups in total. The summed E-state index contributed by atoms with van der Waals surface area (Å²) >= 11 is 0. The van der Waals surface area contributed by atoms with E-state index in [2.05, 4.69) is 0 Å². The number of carbonyl (C=O) groups excluding carboxylic acids is 3. The molecule has 188 valence electrons. The maximum atomic E-state index is 12.7. The molecule has 0 aromatic rings. The van der Waals surface area contributed by atoms with E-state index in [-0.39, 0.29) is 55.5 Å². The molecule has 0 aromatic carbocycles. The first-order valence-corrected chi connectivity index (χ1v) is 13.5. The summed E-state index contributed by atoms with van der Waals surface area (Å²) in [4.78, 5) is 38.1. The number of esters is 3. The van der Waals surface area contributed by atoms with Crippen LogP contribution in [-0.2, 0) is 28.6 Å². The third kappa shape index (κ3) is 7.99. The number of carbonyl (C=O) groups is 3. The van der Waals surface area contributed by atoms with Gasteiger partial charge in [-0.3, -0.25) is 14.4 Å². The second kappa shape index (κ2) is 13.3. The minimum atomic E-state index is -0.695. The fourth-order valence-corrected chi connectivity index (χ4v) is 5.47. The molecule has 0 spiro atoms. The summed E-state index contributed by atoms with van der Waals surface area (Å²) < 4.78 is 17.3. The van der Waals surface area contributed by atoms with Crippen molar-refractivity contribution in [2.45, 2.75) is 110 Å². The lowest BCUT2D eigenvalue weighted by Gasteiger charge is -2.33. The average Bonchev–Trinajstić information content (AvgIpc) is 2.89. The fraction of sp³-hybridized carbons (Fsp3) is 0.889. The van der Waals surface area contributed by atoms with Crippen molar-refractivity contribution in [1.29, 1.82) is 0 Å². The van der Waals surface area contributed by atoms with Crippen molar-refractivity contribution in [2.24, 2.45) is 23.2 Å². The van der Waals surface area contributed by atoms with Gasteiger partial charge >= 0.3 is 17.9 Å². The summed E-state index contributed by atoms with van der Waals surface area (Å²) in [5.74, 6) is -0.604. The highest BCUT2D eigenvalue weighted by Crippen LogP contribution is 2.31. The molecule has 3 fully saturated rings. The van der Waals surface area contributed by atoms with Gasteiger partial charge in [0.1, 0.15) is 19.8 Å². The van der Waals surface area contributed by atoms with Gasteiger partial charge in [0, 0.05) is 0 Å². The van der Waals surface area contributed by atoms with E-state index in [1.165, 1.54) is 19.3 Å². The normalized spacial score (nSPS) is 21.4. The molecule has 3 aliphatic carbocycles. The first-order chi connectivity index (χ1) is 16.0. The molecule has 3 saturated carbocycles. The Hall–Kier alpha value is -1.59. The largest absolute Gasteiger partial charge is 0.465 e. The van der Waals surface area contributed by atoms with Crippen LogP contribution < -0.4 is 0 Å². The van der Waals surface area contributed by atoms with Crippen LogP contribution >= 0.6 is 0 Å². The first-order valence-electron chi connectivity index (χ1n) is 13.5. The highest BCUT2D eigenvalue weighted by molar-refractivity contribution is 5.73. The second-order valence-electron chi connectivity index (χ2n) is 10.7. The molecule has 3 rings (SSSR count). The minimum Gasteiger partial charge on any atom is -0.465 e. The molecule has 0 radical (unpaired) electrons. The molecule has 0 heterocycles. The van der Waals surface area contributed by atoms with Crippen molar-refractivity contribution in [2.75, 3.05) is 19.8 Å². The lowest BCUT2D eigenvalue weighted by atomic mass is 9.86. The summed E-state index contributed by atoms with van der Waals surface area (Å²) in [6.45, 7) is 2.34. The fourth-order valence-electron chi connectivity index (χ4n) is 5.47. The van der Waals surface area contributed by atoms with E-state index in [1.54, 1.807) is 0 Å². The van der Waals surface area contributed by atoms with Gasteiger partial charge in [0.25, 0.3) is 0 Å². The summed E-state index contributed by atoms with van der Waals surface area (Å²) in [6, 6.07) is 0. The smallest absolute Gasteiger partial charge is 0.308 e. The highest BCUT2D eigenvalue weighted by Gasteiger charge is 2.37. The number of ether oxygens (including phenoxy) is 3. The highest BCUT2D eigenvalue weighted by atomic mass is 16.6. The molecule has 6 nitrogen and oxygen atoms in total. The van der Waals surface area contributed by atoms with E-state index in [9.17, 15) is 14.4 Å². The predicted octanol–water partition coefficient (Wildman–Crippen LogP) is 5.75. The Morgan fingerprint density at radius 3 is 1.06 bits per heavy atom. The van der Waals surface area contributed by atoms with Crippen LogP contribution in [0.5, 0.6) is 0 Å². The summed E-state index contributed by atoms with van der Waals surface area (Å²) in [7, 11) is 0. The zero-order valence-corrected chi connectivity index (χ0v) is 20.6. The zero-order chi connectivity index (χ0) is 23.5. The quantitative estimate of drug-likeness (QED) is 0.302. The van der Waals surface area contributed by atoms with Crippen LogP contribution in [0.25, 0.3) is 0 Å². The molecule has 0 aromatic heterocycles. The van der Waals surface area contributed by atoms with Gasteiger partial charge < -0.3 is 14.2 Å². The summed E-state index contributed by atoms with van der Waals surface area (Å²) in [5, 5.41) is 0. The van der Waals surface area contributed by atoms with Gasteiger partial charge in [-0.05, 0) is 44.9 Å². The Bertz CT molecular complexity index is 543. The molecular weight excluding hydrogens is 420 g/mol. The maximum Gasteiger partial charge on any atom is 0.308 e. The molecule has 0 aliphatic heterocycles.